The summed E-state index contributed by atoms with van der Waals surface area (Å²) < 4.78 is 38.6. The highest BCUT2D eigenvalue weighted by molar-refractivity contribution is 5.95. The summed E-state index contributed by atoms with van der Waals surface area (Å²) in [5, 5.41) is 0. The van der Waals surface area contributed by atoms with Crippen molar-refractivity contribution in [3.8, 4) is 5.75 Å². The molecule has 2 amide bonds. The molecule has 2 heterocycles. The monoisotopic (exact) mass is 430 g/mol. The number of hydrogen-bond acceptors (Lipinski definition) is 4. The van der Waals surface area contributed by atoms with E-state index < -0.39 is 17.5 Å². The van der Waals surface area contributed by atoms with Gasteiger partial charge in [-0.15, -0.1) is 0 Å². The number of carbonyl (C=O) groups is 2. The smallest absolute Gasteiger partial charge is 0.257 e. The Hall–Kier alpha value is -3.00. The fourth-order valence-electron chi connectivity index (χ4n) is 3.93. The Balaban J connectivity index is 1.36. The maximum absolute atomic E-state index is 14.0. The third-order valence-corrected chi connectivity index (χ3v) is 5.64. The zero-order valence-electron chi connectivity index (χ0n) is 17.1. The highest BCUT2D eigenvalue weighted by Gasteiger charge is 2.31. The lowest BCUT2D eigenvalue weighted by Gasteiger charge is -2.27. The summed E-state index contributed by atoms with van der Waals surface area (Å²) in [5.74, 6) is -1.38. The van der Waals surface area contributed by atoms with Gasteiger partial charge in [0.05, 0.1) is 24.8 Å². The number of likely N-dealkylation sites (tertiary alicyclic amines) is 1. The van der Waals surface area contributed by atoms with Gasteiger partial charge in [0.15, 0.2) is 0 Å². The van der Waals surface area contributed by atoms with Crippen LogP contribution in [0.25, 0.3) is 0 Å². The van der Waals surface area contributed by atoms with Crippen molar-refractivity contribution in [1.29, 1.82) is 0 Å². The second-order valence-corrected chi connectivity index (χ2v) is 7.66. The van der Waals surface area contributed by atoms with Gasteiger partial charge in [-0.3, -0.25) is 9.59 Å². The first-order valence-electron chi connectivity index (χ1n) is 10.4. The number of halogens is 2. The third kappa shape index (κ3) is 4.85. The Morgan fingerprint density at radius 3 is 2.48 bits per heavy atom. The lowest BCUT2D eigenvalue weighted by atomic mass is 10.1. The Morgan fingerprint density at radius 1 is 1.00 bits per heavy atom. The molecule has 0 aromatic heterocycles. The number of amides is 2. The maximum Gasteiger partial charge on any atom is 0.257 e. The summed E-state index contributed by atoms with van der Waals surface area (Å²) in [4.78, 5) is 28.5. The quantitative estimate of drug-likeness (QED) is 0.732. The molecule has 0 aliphatic carbocycles. The first kappa shape index (κ1) is 21.2. The molecule has 2 fully saturated rings. The zero-order chi connectivity index (χ0) is 21.8. The van der Waals surface area contributed by atoms with Gasteiger partial charge in [-0.2, -0.15) is 0 Å². The molecule has 2 saturated heterocycles. The van der Waals surface area contributed by atoms with E-state index >= 15 is 0 Å². The third-order valence-electron chi connectivity index (χ3n) is 5.64. The van der Waals surface area contributed by atoms with Crippen LogP contribution in [0.4, 0.5) is 8.78 Å². The lowest BCUT2D eigenvalue weighted by molar-refractivity contribution is 0.0303. The molecule has 2 aromatic carbocycles. The zero-order valence-corrected chi connectivity index (χ0v) is 17.1. The van der Waals surface area contributed by atoms with E-state index in [1.54, 1.807) is 29.2 Å². The fourth-order valence-corrected chi connectivity index (χ4v) is 3.93. The van der Waals surface area contributed by atoms with Crippen LogP contribution in [0.3, 0.4) is 0 Å². The molecule has 2 aliphatic rings. The van der Waals surface area contributed by atoms with Gasteiger partial charge in [0, 0.05) is 25.2 Å². The van der Waals surface area contributed by atoms with Gasteiger partial charge >= 0.3 is 0 Å². The summed E-state index contributed by atoms with van der Waals surface area (Å²) in [7, 11) is 0. The van der Waals surface area contributed by atoms with Crippen LogP contribution in [0, 0.1) is 11.6 Å². The first-order valence-corrected chi connectivity index (χ1v) is 10.4. The van der Waals surface area contributed by atoms with Gasteiger partial charge < -0.3 is 19.3 Å². The summed E-state index contributed by atoms with van der Waals surface area (Å²) in [6.45, 7) is 2.95. The molecule has 0 saturated carbocycles. The second kappa shape index (κ2) is 9.43. The van der Waals surface area contributed by atoms with Crippen LogP contribution in [0.15, 0.2) is 42.5 Å². The van der Waals surface area contributed by atoms with E-state index in [-0.39, 0.29) is 24.1 Å². The second-order valence-electron chi connectivity index (χ2n) is 7.66. The average molecular weight is 430 g/mol. The highest BCUT2D eigenvalue weighted by atomic mass is 19.1. The van der Waals surface area contributed by atoms with Crippen molar-refractivity contribution >= 4 is 11.8 Å². The molecule has 1 atom stereocenters. The normalized spacial score (nSPS) is 18.8. The highest BCUT2D eigenvalue weighted by Crippen LogP contribution is 2.23. The SMILES string of the molecule is O=C(c1ccc(OCC2CCCN2C(=O)c2cc(F)ccc2F)cc1)N1CCOCC1. The van der Waals surface area contributed by atoms with E-state index in [1.165, 1.54) is 4.90 Å². The van der Waals surface area contributed by atoms with Gasteiger partial charge in [0.1, 0.15) is 24.0 Å². The van der Waals surface area contributed by atoms with Crippen molar-refractivity contribution in [2.24, 2.45) is 0 Å². The average Bonchev–Trinajstić information content (AvgIpc) is 3.28. The number of nitrogens with zero attached hydrogens (tertiary/aromatic N) is 2. The van der Waals surface area contributed by atoms with Crippen molar-refractivity contribution < 1.29 is 27.8 Å². The number of benzene rings is 2. The van der Waals surface area contributed by atoms with E-state index in [2.05, 4.69) is 0 Å². The minimum absolute atomic E-state index is 0.0421. The Morgan fingerprint density at radius 2 is 1.74 bits per heavy atom. The Kier molecular flexibility index (Phi) is 6.46. The number of rotatable bonds is 5. The largest absolute Gasteiger partial charge is 0.491 e. The van der Waals surface area contributed by atoms with Crippen LogP contribution >= 0.6 is 0 Å². The minimum Gasteiger partial charge on any atom is -0.491 e. The molecular weight excluding hydrogens is 406 g/mol. The summed E-state index contributed by atoms with van der Waals surface area (Å²) in [6, 6.07) is 9.53. The van der Waals surface area contributed by atoms with Crippen LogP contribution in [-0.2, 0) is 4.74 Å². The van der Waals surface area contributed by atoms with Crippen LogP contribution in [0.5, 0.6) is 5.75 Å². The van der Waals surface area contributed by atoms with Gasteiger partial charge in [0.25, 0.3) is 11.8 Å². The van der Waals surface area contributed by atoms with Crippen LogP contribution < -0.4 is 4.74 Å². The van der Waals surface area contributed by atoms with Crippen molar-refractivity contribution in [2.75, 3.05) is 39.5 Å². The van der Waals surface area contributed by atoms with Crippen molar-refractivity contribution in [3.05, 3.63) is 65.2 Å². The molecule has 0 radical (unpaired) electrons. The number of hydrogen-bond donors (Lipinski definition) is 0. The molecule has 0 N–H and O–H groups in total. The maximum atomic E-state index is 14.0. The van der Waals surface area contributed by atoms with Crippen molar-refractivity contribution in [1.82, 2.24) is 9.80 Å². The molecule has 2 aromatic rings. The minimum atomic E-state index is -0.738. The van der Waals surface area contributed by atoms with Crippen molar-refractivity contribution in [3.63, 3.8) is 0 Å². The number of morpholine rings is 1. The molecule has 1 unspecified atom stereocenters. The Labute approximate surface area is 179 Å². The lowest BCUT2D eigenvalue weighted by Crippen LogP contribution is -2.40. The fraction of sp³-hybridized carbons (Fsp3) is 0.391. The molecule has 4 rings (SSSR count). The molecule has 0 bridgehead atoms. The van der Waals surface area contributed by atoms with E-state index in [4.69, 9.17) is 9.47 Å². The van der Waals surface area contributed by atoms with Crippen LogP contribution in [-0.4, -0.2) is 67.1 Å². The van der Waals surface area contributed by atoms with E-state index in [0.29, 0.717) is 44.2 Å². The van der Waals surface area contributed by atoms with E-state index in [1.807, 2.05) is 0 Å². The molecule has 2 aliphatic heterocycles. The predicted octanol–water partition coefficient (Wildman–Crippen LogP) is 3.12. The summed E-state index contributed by atoms with van der Waals surface area (Å²) in [5.41, 5.74) is 0.311. The summed E-state index contributed by atoms with van der Waals surface area (Å²) >= 11 is 0. The van der Waals surface area contributed by atoms with Gasteiger partial charge in [-0.25, -0.2) is 8.78 Å². The van der Waals surface area contributed by atoms with Crippen LogP contribution in [0.2, 0.25) is 0 Å². The molecule has 0 spiro atoms. The topological polar surface area (TPSA) is 59.1 Å². The number of carbonyl (C=O) groups excluding carboxylic acids is 2. The molecule has 8 heteroatoms. The molecule has 164 valence electrons. The predicted molar refractivity (Wildman–Crippen MR) is 109 cm³/mol. The molecular formula is C23H24F2N2O4. The van der Waals surface area contributed by atoms with Gasteiger partial charge in [-0.1, -0.05) is 0 Å². The summed E-state index contributed by atoms with van der Waals surface area (Å²) in [6.07, 6.45) is 1.49. The van der Waals surface area contributed by atoms with Gasteiger partial charge in [-0.05, 0) is 55.3 Å². The van der Waals surface area contributed by atoms with E-state index in [0.717, 1.165) is 31.0 Å². The standard InChI is InChI=1S/C23H24F2N2O4/c24-17-5-8-21(25)20(14-17)23(29)27-9-1-2-18(27)15-31-19-6-3-16(4-7-19)22(28)26-10-12-30-13-11-26/h3-8,14,18H,1-2,9-13,15H2. The van der Waals surface area contributed by atoms with Gasteiger partial charge in [0.2, 0.25) is 0 Å². The molecule has 31 heavy (non-hydrogen) atoms. The molecule has 6 nitrogen and oxygen atoms in total. The van der Waals surface area contributed by atoms with E-state index in [9.17, 15) is 18.4 Å². The first-order chi connectivity index (χ1) is 15.0. The Bertz CT molecular complexity index is 945. The van der Waals surface area contributed by atoms with Crippen molar-refractivity contribution in [2.45, 2.75) is 18.9 Å². The van der Waals surface area contributed by atoms with Crippen LogP contribution in [0.1, 0.15) is 33.6 Å². The number of ether oxygens (including phenoxy) is 2.